The molecular weight excluding hydrogens is 150 g/mol. The van der Waals surface area contributed by atoms with Crippen LogP contribution in [0.5, 0.6) is 0 Å². The molecule has 1 N–H and O–H groups in total. The molecule has 0 amide bonds. The molecule has 5 heteroatoms. The van der Waals surface area contributed by atoms with E-state index in [-0.39, 0.29) is 5.75 Å². The summed E-state index contributed by atoms with van der Waals surface area (Å²) in [5.74, 6) is 2.44. The van der Waals surface area contributed by atoms with Crippen molar-refractivity contribution in [2.24, 2.45) is 0 Å². The summed E-state index contributed by atoms with van der Waals surface area (Å²) in [7, 11) is -1.22. The minimum atomic E-state index is -1.22. The normalized spacial score (nSPS) is 12.3. The minimum Gasteiger partial charge on any atom is -0.252 e. The van der Waals surface area contributed by atoms with Crippen LogP contribution in [0.25, 0.3) is 0 Å². The Morgan fingerprint density at radius 2 is 2.70 bits per heavy atom. The zero-order chi connectivity index (χ0) is 7.40. The van der Waals surface area contributed by atoms with Gasteiger partial charge in [0.25, 0.3) is 0 Å². The van der Waals surface area contributed by atoms with Gasteiger partial charge in [-0.15, -0.1) is 6.42 Å². The fraction of sp³-hybridized carbons (Fsp3) is 0.200. The molecule has 1 aromatic rings. The molecule has 0 aliphatic heterocycles. The highest BCUT2D eigenvalue weighted by atomic mass is 32.2. The number of nitrogens with one attached hydrogen (secondary N) is 1. The van der Waals surface area contributed by atoms with Crippen LogP contribution in [-0.2, 0) is 10.8 Å². The Morgan fingerprint density at radius 1 is 1.90 bits per heavy atom. The molecule has 0 aliphatic rings. The fourth-order valence-corrected chi connectivity index (χ4v) is 1.06. The summed E-state index contributed by atoms with van der Waals surface area (Å²) in [5, 5.41) is 6.32. The minimum absolute atomic E-state index is 0.176. The first kappa shape index (κ1) is 6.96. The zero-order valence-corrected chi connectivity index (χ0v) is 5.89. The first-order valence-corrected chi connectivity index (χ1v) is 3.83. The second-order valence-electron chi connectivity index (χ2n) is 1.48. The van der Waals surface area contributed by atoms with E-state index in [4.69, 9.17) is 6.42 Å². The van der Waals surface area contributed by atoms with E-state index in [0.29, 0.717) is 5.16 Å². The molecule has 0 saturated heterocycles. The number of aromatic amines is 1. The van der Waals surface area contributed by atoms with E-state index in [2.05, 4.69) is 21.1 Å². The molecule has 10 heavy (non-hydrogen) atoms. The van der Waals surface area contributed by atoms with E-state index in [1.54, 1.807) is 0 Å². The molecule has 0 spiro atoms. The van der Waals surface area contributed by atoms with Gasteiger partial charge in [0.05, 0.1) is 5.75 Å². The van der Waals surface area contributed by atoms with Crippen molar-refractivity contribution in [2.75, 3.05) is 5.75 Å². The molecule has 52 valence electrons. The molecule has 1 aromatic heterocycles. The zero-order valence-electron chi connectivity index (χ0n) is 5.07. The highest BCUT2D eigenvalue weighted by Crippen LogP contribution is 1.93. The maximum absolute atomic E-state index is 10.9. The van der Waals surface area contributed by atoms with Gasteiger partial charge in [0.1, 0.15) is 17.1 Å². The number of hydrogen-bond donors (Lipinski definition) is 1. The first-order valence-electron chi connectivity index (χ1n) is 2.52. The van der Waals surface area contributed by atoms with E-state index in [1.165, 1.54) is 6.33 Å². The molecule has 0 radical (unpaired) electrons. The molecule has 0 aliphatic carbocycles. The maximum atomic E-state index is 10.9. The average molecular weight is 155 g/mol. The van der Waals surface area contributed by atoms with Crippen molar-refractivity contribution >= 4 is 10.8 Å². The monoisotopic (exact) mass is 155 g/mol. The number of terminal acetylenes is 1. The first-order chi connectivity index (χ1) is 4.84. The number of nitrogens with zero attached hydrogens (tertiary/aromatic N) is 2. The van der Waals surface area contributed by atoms with Crippen LogP contribution in [0.4, 0.5) is 0 Å². The van der Waals surface area contributed by atoms with E-state index in [1.807, 2.05) is 0 Å². The van der Waals surface area contributed by atoms with E-state index < -0.39 is 10.8 Å². The topological polar surface area (TPSA) is 58.6 Å². The van der Waals surface area contributed by atoms with Gasteiger partial charge in [-0.3, -0.25) is 9.31 Å². The second kappa shape index (κ2) is 3.13. The molecule has 1 heterocycles. The second-order valence-corrected chi connectivity index (χ2v) is 2.85. The van der Waals surface area contributed by atoms with Crippen molar-refractivity contribution in [3.05, 3.63) is 6.33 Å². The number of H-pyrrole nitrogens is 1. The molecule has 0 saturated carbocycles. The van der Waals surface area contributed by atoms with Crippen LogP contribution < -0.4 is 0 Å². The predicted octanol–water partition coefficient (Wildman–Crippen LogP) is -0.455. The lowest BCUT2D eigenvalue weighted by Gasteiger charge is -1.86. The van der Waals surface area contributed by atoms with Crippen molar-refractivity contribution in [1.29, 1.82) is 0 Å². The lowest BCUT2D eigenvalue weighted by molar-refractivity contribution is 0.679. The molecule has 1 rings (SSSR count). The smallest absolute Gasteiger partial charge is 0.215 e. The van der Waals surface area contributed by atoms with Crippen LogP contribution in [0.3, 0.4) is 0 Å². The van der Waals surface area contributed by atoms with Crippen LogP contribution in [0, 0.1) is 12.3 Å². The molecule has 1 atom stereocenters. The lowest BCUT2D eigenvalue weighted by Crippen LogP contribution is -1.97. The van der Waals surface area contributed by atoms with Crippen LogP contribution in [0.1, 0.15) is 0 Å². The van der Waals surface area contributed by atoms with Gasteiger partial charge >= 0.3 is 0 Å². The Labute approximate surface area is 60.5 Å². The molecule has 4 nitrogen and oxygen atoms in total. The van der Waals surface area contributed by atoms with Crippen molar-refractivity contribution in [2.45, 2.75) is 5.16 Å². The lowest BCUT2D eigenvalue weighted by atomic mass is 10.8. The van der Waals surface area contributed by atoms with Crippen molar-refractivity contribution in [1.82, 2.24) is 15.2 Å². The van der Waals surface area contributed by atoms with Crippen molar-refractivity contribution < 1.29 is 4.21 Å². The van der Waals surface area contributed by atoms with Gasteiger partial charge in [0, 0.05) is 0 Å². The summed E-state index contributed by atoms with van der Waals surface area (Å²) >= 11 is 0. The highest BCUT2D eigenvalue weighted by molar-refractivity contribution is 7.85. The summed E-state index contributed by atoms with van der Waals surface area (Å²) in [6, 6.07) is 0. The Morgan fingerprint density at radius 3 is 3.20 bits per heavy atom. The van der Waals surface area contributed by atoms with Gasteiger partial charge in [0.2, 0.25) is 5.16 Å². The highest BCUT2D eigenvalue weighted by Gasteiger charge is 2.02. The SMILES string of the molecule is C#CCS(=O)c1ncn[nH]1. The van der Waals surface area contributed by atoms with E-state index in [9.17, 15) is 4.21 Å². The quantitative estimate of drug-likeness (QED) is 0.588. The Hall–Kier alpha value is -1.15. The van der Waals surface area contributed by atoms with Gasteiger partial charge in [-0.25, -0.2) is 4.98 Å². The van der Waals surface area contributed by atoms with Crippen LogP contribution in [0.2, 0.25) is 0 Å². The van der Waals surface area contributed by atoms with Crippen molar-refractivity contribution in [3.63, 3.8) is 0 Å². The number of rotatable bonds is 2. The van der Waals surface area contributed by atoms with Gasteiger partial charge < -0.3 is 0 Å². The molecule has 0 fully saturated rings. The van der Waals surface area contributed by atoms with Crippen LogP contribution in [-0.4, -0.2) is 25.1 Å². The van der Waals surface area contributed by atoms with Gasteiger partial charge in [-0.1, -0.05) is 5.92 Å². The average Bonchev–Trinajstić information content (AvgIpc) is 2.38. The Kier molecular flexibility index (Phi) is 2.18. The van der Waals surface area contributed by atoms with Crippen LogP contribution in [0.15, 0.2) is 11.5 Å². The van der Waals surface area contributed by atoms with E-state index in [0.717, 1.165) is 0 Å². The molecule has 1 unspecified atom stereocenters. The molecular formula is C5H5N3OS. The molecule has 0 bridgehead atoms. The van der Waals surface area contributed by atoms with Crippen molar-refractivity contribution in [3.8, 4) is 12.3 Å². The Bertz CT molecular complexity index is 261. The largest absolute Gasteiger partial charge is 0.252 e. The third-order valence-electron chi connectivity index (χ3n) is 0.823. The van der Waals surface area contributed by atoms with Gasteiger partial charge in [-0.05, 0) is 0 Å². The maximum Gasteiger partial charge on any atom is 0.215 e. The van der Waals surface area contributed by atoms with Gasteiger partial charge in [-0.2, -0.15) is 5.10 Å². The molecule has 0 aromatic carbocycles. The standard InChI is InChI=1S/C5H5N3OS/c1-2-3-10(9)5-6-4-7-8-5/h1,4H,3H2,(H,6,7,8). The predicted molar refractivity (Wildman–Crippen MR) is 36.5 cm³/mol. The number of hydrogen-bond acceptors (Lipinski definition) is 3. The summed E-state index contributed by atoms with van der Waals surface area (Å²) in [5.41, 5.74) is 0. The summed E-state index contributed by atoms with van der Waals surface area (Å²) in [4.78, 5) is 3.67. The van der Waals surface area contributed by atoms with Crippen LogP contribution >= 0.6 is 0 Å². The summed E-state index contributed by atoms with van der Waals surface area (Å²) in [6.07, 6.45) is 6.23. The fourth-order valence-electron chi connectivity index (χ4n) is 0.448. The van der Waals surface area contributed by atoms with E-state index >= 15 is 0 Å². The Balaban J connectivity index is 2.71. The summed E-state index contributed by atoms with van der Waals surface area (Å²) < 4.78 is 10.9. The third-order valence-corrected chi connectivity index (χ3v) is 1.88. The third kappa shape index (κ3) is 1.42. The summed E-state index contributed by atoms with van der Waals surface area (Å²) in [6.45, 7) is 0. The number of aromatic nitrogens is 3. The van der Waals surface area contributed by atoms with Gasteiger partial charge in [0.15, 0.2) is 0 Å².